The predicted octanol–water partition coefficient (Wildman–Crippen LogP) is 2.67. The zero-order valence-electron chi connectivity index (χ0n) is 11.0. The van der Waals surface area contributed by atoms with E-state index >= 15 is 0 Å². The van der Waals surface area contributed by atoms with Gasteiger partial charge in [0.15, 0.2) is 0 Å². The van der Waals surface area contributed by atoms with Gasteiger partial charge in [0.2, 0.25) is 0 Å². The maximum atomic E-state index is 11.7. The second-order valence-electron chi connectivity index (χ2n) is 4.99. The van der Waals surface area contributed by atoms with Crippen molar-refractivity contribution in [2.75, 3.05) is 6.54 Å². The number of thiazole rings is 1. The number of aryl methyl sites for hydroxylation is 1. The summed E-state index contributed by atoms with van der Waals surface area (Å²) in [6.45, 7) is 5.56. The van der Waals surface area contributed by atoms with Gasteiger partial charge < -0.3 is 5.11 Å². The molecule has 1 N–H and O–H groups in total. The fourth-order valence-electron chi connectivity index (χ4n) is 2.85. The lowest BCUT2D eigenvalue weighted by Crippen LogP contribution is -2.49. The molecule has 18 heavy (non-hydrogen) atoms. The molecule has 0 spiro atoms. The standard InChI is InChI=1S/C13H20N2O2S/c1-3-5-13(12(16)17)6-4-7-15(13)8-11-14-10(2)9-18-11/h9H,3-8H2,1-2H3,(H,16,17). The lowest BCUT2D eigenvalue weighted by molar-refractivity contribution is -0.150. The lowest BCUT2D eigenvalue weighted by Gasteiger charge is -2.34. The number of nitrogens with zero attached hydrogens (tertiary/aromatic N) is 2. The third-order valence-electron chi connectivity index (χ3n) is 3.68. The molecule has 0 amide bonds. The molecule has 0 radical (unpaired) electrons. The van der Waals surface area contributed by atoms with E-state index in [1.165, 1.54) is 0 Å². The Kier molecular flexibility index (Phi) is 4.02. The Morgan fingerprint density at radius 3 is 3.00 bits per heavy atom. The highest BCUT2D eigenvalue weighted by molar-refractivity contribution is 7.09. The molecule has 1 aromatic rings. The smallest absolute Gasteiger partial charge is 0.324 e. The van der Waals surface area contributed by atoms with Crippen LogP contribution < -0.4 is 0 Å². The molecule has 2 heterocycles. The number of hydrogen-bond donors (Lipinski definition) is 1. The number of aromatic nitrogens is 1. The van der Waals surface area contributed by atoms with Crippen molar-refractivity contribution in [2.24, 2.45) is 0 Å². The molecule has 0 saturated carbocycles. The minimum absolute atomic E-state index is 0.658. The van der Waals surface area contributed by atoms with E-state index in [-0.39, 0.29) is 0 Å². The summed E-state index contributed by atoms with van der Waals surface area (Å²) in [6.07, 6.45) is 3.36. The average Bonchev–Trinajstić information content (AvgIpc) is 2.88. The van der Waals surface area contributed by atoms with Crippen LogP contribution in [0.1, 0.15) is 43.3 Å². The van der Waals surface area contributed by atoms with Crippen LogP contribution in [0.4, 0.5) is 0 Å². The van der Waals surface area contributed by atoms with Gasteiger partial charge in [-0.05, 0) is 32.7 Å². The minimum atomic E-state index is -0.671. The highest BCUT2D eigenvalue weighted by Gasteiger charge is 2.46. The van der Waals surface area contributed by atoms with Gasteiger partial charge in [-0.25, -0.2) is 4.98 Å². The van der Waals surface area contributed by atoms with E-state index in [4.69, 9.17) is 0 Å². The van der Waals surface area contributed by atoms with E-state index in [1.54, 1.807) is 11.3 Å². The first-order valence-corrected chi connectivity index (χ1v) is 7.36. The zero-order chi connectivity index (χ0) is 13.2. The van der Waals surface area contributed by atoms with Crippen molar-refractivity contribution in [1.29, 1.82) is 0 Å². The first-order chi connectivity index (χ1) is 8.58. The second kappa shape index (κ2) is 5.36. The number of likely N-dealkylation sites (tertiary alicyclic amines) is 1. The van der Waals surface area contributed by atoms with Crippen molar-refractivity contribution in [1.82, 2.24) is 9.88 Å². The van der Waals surface area contributed by atoms with Crippen molar-refractivity contribution >= 4 is 17.3 Å². The van der Waals surface area contributed by atoms with Crippen molar-refractivity contribution < 1.29 is 9.90 Å². The van der Waals surface area contributed by atoms with Crippen LogP contribution in [-0.2, 0) is 11.3 Å². The Balaban J connectivity index is 2.17. The van der Waals surface area contributed by atoms with Crippen LogP contribution in [0, 0.1) is 6.92 Å². The van der Waals surface area contributed by atoms with E-state index in [1.807, 2.05) is 12.3 Å². The van der Waals surface area contributed by atoms with Crippen LogP contribution in [0.2, 0.25) is 0 Å². The maximum absolute atomic E-state index is 11.7. The predicted molar refractivity (Wildman–Crippen MR) is 71.8 cm³/mol. The topological polar surface area (TPSA) is 53.4 Å². The molecule has 4 nitrogen and oxygen atoms in total. The number of rotatable bonds is 5. The van der Waals surface area contributed by atoms with Gasteiger partial charge in [0.1, 0.15) is 10.5 Å². The van der Waals surface area contributed by atoms with Crippen LogP contribution in [0.5, 0.6) is 0 Å². The summed E-state index contributed by atoms with van der Waals surface area (Å²) in [4.78, 5) is 18.2. The Bertz CT molecular complexity index is 432. The molecular formula is C13H20N2O2S. The van der Waals surface area contributed by atoms with Gasteiger partial charge in [-0.3, -0.25) is 9.69 Å². The first kappa shape index (κ1) is 13.5. The molecule has 1 atom stereocenters. The fourth-order valence-corrected chi connectivity index (χ4v) is 3.64. The summed E-state index contributed by atoms with van der Waals surface area (Å²) in [6, 6.07) is 0. The molecule has 100 valence electrons. The third-order valence-corrected chi connectivity index (χ3v) is 4.63. The number of carbonyl (C=O) groups is 1. The van der Waals surface area contributed by atoms with Gasteiger partial charge in [0.05, 0.1) is 6.54 Å². The number of carboxylic acids is 1. The number of hydrogen-bond acceptors (Lipinski definition) is 4. The number of carboxylic acid groups (broad SMARTS) is 1. The average molecular weight is 268 g/mol. The largest absolute Gasteiger partial charge is 0.480 e. The van der Waals surface area contributed by atoms with Crippen LogP contribution in [0.15, 0.2) is 5.38 Å². The summed E-state index contributed by atoms with van der Waals surface area (Å²) in [5.41, 5.74) is 0.361. The van der Waals surface area contributed by atoms with Crippen LogP contribution in [0.3, 0.4) is 0 Å². The van der Waals surface area contributed by atoms with Gasteiger partial charge in [-0.1, -0.05) is 13.3 Å². The minimum Gasteiger partial charge on any atom is -0.480 e. The highest BCUT2D eigenvalue weighted by Crippen LogP contribution is 2.35. The van der Waals surface area contributed by atoms with Crippen molar-refractivity contribution in [3.63, 3.8) is 0 Å². The Labute approximate surface area is 112 Å². The van der Waals surface area contributed by atoms with Crippen molar-refractivity contribution in [2.45, 2.75) is 51.6 Å². The molecule has 1 aromatic heterocycles. The Hall–Kier alpha value is -0.940. The summed E-state index contributed by atoms with van der Waals surface area (Å²) in [7, 11) is 0. The summed E-state index contributed by atoms with van der Waals surface area (Å²) < 4.78 is 0. The summed E-state index contributed by atoms with van der Waals surface area (Å²) in [5.74, 6) is -0.671. The highest BCUT2D eigenvalue weighted by atomic mass is 32.1. The molecule has 5 heteroatoms. The van der Waals surface area contributed by atoms with Gasteiger partial charge in [0.25, 0.3) is 0 Å². The van der Waals surface area contributed by atoms with E-state index in [0.29, 0.717) is 6.54 Å². The van der Waals surface area contributed by atoms with E-state index in [0.717, 1.165) is 42.9 Å². The molecule has 1 fully saturated rings. The molecule has 0 aromatic carbocycles. The third kappa shape index (κ3) is 2.42. The van der Waals surface area contributed by atoms with Gasteiger partial charge in [0, 0.05) is 11.1 Å². The Morgan fingerprint density at radius 2 is 2.44 bits per heavy atom. The summed E-state index contributed by atoms with van der Waals surface area (Å²) >= 11 is 1.62. The molecular weight excluding hydrogens is 248 g/mol. The normalized spacial score (nSPS) is 24.6. The molecule has 2 rings (SSSR count). The van der Waals surface area contributed by atoms with E-state index < -0.39 is 11.5 Å². The van der Waals surface area contributed by atoms with Crippen LogP contribution in [0.25, 0.3) is 0 Å². The Morgan fingerprint density at radius 1 is 1.67 bits per heavy atom. The van der Waals surface area contributed by atoms with Crippen LogP contribution >= 0.6 is 11.3 Å². The van der Waals surface area contributed by atoms with Crippen LogP contribution in [-0.4, -0.2) is 33.0 Å². The quantitative estimate of drug-likeness (QED) is 0.892. The number of aliphatic carboxylic acids is 1. The zero-order valence-corrected chi connectivity index (χ0v) is 11.8. The fraction of sp³-hybridized carbons (Fsp3) is 0.692. The molecule has 0 aliphatic carbocycles. The lowest BCUT2D eigenvalue weighted by atomic mass is 9.91. The van der Waals surface area contributed by atoms with E-state index in [2.05, 4.69) is 16.8 Å². The molecule has 1 aliphatic heterocycles. The molecule has 1 aliphatic rings. The summed E-state index contributed by atoms with van der Waals surface area (Å²) in [5, 5.41) is 12.6. The van der Waals surface area contributed by atoms with Gasteiger partial charge in [-0.2, -0.15) is 0 Å². The van der Waals surface area contributed by atoms with Crippen molar-refractivity contribution in [3.8, 4) is 0 Å². The molecule has 1 saturated heterocycles. The maximum Gasteiger partial charge on any atom is 0.324 e. The monoisotopic (exact) mass is 268 g/mol. The second-order valence-corrected chi connectivity index (χ2v) is 5.94. The van der Waals surface area contributed by atoms with Gasteiger partial charge >= 0.3 is 5.97 Å². The SMILES string of the molecule is CCCC1(C(=O)O)CCCN1Cc1nc(C)cs1. The molecule has 0 bridgehead atoms. The van der Waals surface area contributed by atoms with Gasteiger partial charge in [-0.15, -0.1) is 11.3 Å². The molecule has 1 unspecified atom stereocenters. The van der Waals surface area contributed by atoms with Crippen molar-refractivity contribution in [3.05, 3.63) is 16.1 Å². The first-order valence-electron chi connectivity index (χ1n) is 6.48. The van der Waals surface area contributed by atoms with E-state index in [9.17, 15) is 9.90 Å².